The third-order valence-corrected chi connectivity index (χ3v) is 3.13. The summed E-state index contributed by atoms with van der Waals surface area (Å²) in [5.74, 6) is 1.40. The van der Waals surface area contributed by atoms with E-state index in [9.17, 15) is 0 Å². The maximum Gasteiger partial charge on any atom is 0.322 e. The monoisotopic (exact) mass is 285 g/mol. The summed E-state index contributed by atoms with van der Waals surface area (Å²) in [6, 6.07) is 8.26. The van der Waals surface area contributed by atoms with Crippen molar-refractivity contribution in [3.8, 4) is 11.8 Å². The van der Waals surface area contributed by atoms with E-state index in [1.165, 1.54) is 0 Å². The number of nitrogens with one attached hydrogen (secondary N) is 1. The second-order valence-corrected chi connectivity index (χ2v) is 5.71. The highest BCUT2D eigenvalue weighted by atomic mass is 16.5. The van der Waals surface area contributed by atoms with Crippen molar-refractivity contribution in [3.05, 3.63) is 47.3 Å². The number of hydrogen-bond donors (Lipinski definition) is 1. The molecule has 0 aliphatic rings. The number of aromatic nitrogens is 2. The molecule has 1 aromatic heterocycles. The van der Waals surface area contributed by atoms with Crippen LogP contribution in [0, 0.1) is 19.8 Å². The summed E-state index contributed by atoms with van der Waals surface area (Å²) in [6.45, 7) is 10.2. The lowest BCUT2D eigenvalue weighted by atomic mass is 10.2. The summed E-state index contributed by atoms with van der Waals surface area (Å²) in [7, 11) is 0. The molecule has 0 amide bonds. The van der Waals surface area contributed by atoms with Gasteiger partial charge in [0, 0.05) is 24.0 Å². The molecule has 1 heterocycles. The maximum absolute atomic E-state index is 5.70. The molecule has 0 fully saturated rings. The van der Waals surface area contributed by atoms with Crippen molar-refractivity contribution in [3.63, 3.8) is 0 Å². The lowest BCUT2D eigenvalue weighted by molar-refractivity contribution is 0.438. The van der Waals surface area contributed by atoms with Crippen LogP contribution in [0.3, 0.4) is 0 Å². The minimum atomic E-state index is 0.394. The highest BCUT2D eigenvalue weighted by Crippen LogP contribution is 2.19. The Bertz CT molecular complexity index is 596. The van der Waals surface area contributed by atoms with Crippen molar-refractivity contribution in [2.45, 2.75) is 34.2 Å². The van der Waals surface area contributed by atoms with E-state index < -0.39 is 0 Å². The first kappa shape index (κ1) is 15.4. The standard InChI is InChI=1S/C17H23N3O/c1-12(2)9-18-10-15-11-19-17(20-14(15)4)21-16-7-5-6-13(3)8-16/h5-8,11-12,18H,9-10H2,1-4H3. The van der Waals surface area contributed by atoms with Gasteiger partial charge in [-0.2, -0.15) is 4.98 Å². The minimum Gasteiger partial charge on any atom is -0.424 e. The van der Waals surface area contributed by atoms with Gasteiger partial charge >= 0.3 is 6.01 Å². The van der Waals surface area contributed by atoms with Crippen LogP contribution in [0.25, 0.3) is 0 Å². The van der Waals surface area contributed by atoms with Gasteiger partial charge in [0.1, 0.15) is 5.75 Å². The molecule has 0 spiro atoms. The molecule has 0 atom stereocenters. The van der Waals surface area contributed by atoms with Gasteiger partial charge in [0.15, 0.2) is 0 Å². The molecule has 4 heteroatoms. The Balaban J connectivity index is 2.01. The van der Waals surface area contributed by atoms with Gasteiger partial charge in [0.2, 0.25) is 0 Å². The van der Waals surface area contributed by atoms with Gasteiger partial charge in [-0.3, -0.25) is 0 Å². The maximum atomic E-state index is 5.70. The van der Waals surface area contributed by atoms with Crippen LogP contribution < -0.4 is 10.1 Å². The molecule has 0 bridgehead atoms. The van der Waals surface area contributed by atoms with E-state index in [-0.39, 0.29) is 0 Å². The van der Waals surface area contributed by atoms with Crippen molar-refractivity contribution in [2.75, 3.05) is 6.54 Å². The summed E-state index contributed by atoms with van der Waals surface area (Å²) in [4.78, 5) is 8.71. The molecular formula is C17H23N3O. The molecular weight excluding hydrogens is 262 g/mol. The Hall–Kier alpha value is -1.94. The van der Waals surface area contributed by atoms with Crippen molar-refractivity contribution >= 4 is 0 Å². The summed E-state index contributed by atoms with van der Waals surface area (Å²) >= 11 is 0. The number of hydrogen-bond acceptors (Lipinski definition) is 4. The average molecular weight is 285 g/mol. The van der Waals surface area contributed by atoms with Gasteiger partial charge < -0.3 is 10.1 Å². The highest BCUT2D eigenvalue weighted by molar-refractivity contribution is 5.30. The topological polar surface area (TPSA) is 47.0 Å². The van der Waals surface area contributed by atoms with Gasteiger partial charge in [0.05, 0.1) is 0 Å². The molecule has 0 radical (unpaired) electrons. The first-order chi connectivity index (χ1) is 10.0. The van der Waals surface area contributed by atoms with Crippen molar-refractivity contribution in [1.29, 1.82) is 0 Å². The molecule has 2 rings (SSSR count). The van der Waals surface area contributed by atoms with E-state index in [0.29, 0.717) is 11.9 Å². The quantitative estimate of drug-likeness (QED) is 0.880. The lowest BCUT2D eigenvalue weighted by Gasteiger charge is -2.10. The zero-order valence-electron chi connectivity index (χ0n) is 13.2. The molecule has 1 aromatic carbocycles. The third-order valence-electron chi connectivity index (χ3n) is 3.13. The number of ether oxygens (including phenoxy) is 1. The summed E-state index contributed by atoms with van der Waals surface area (Å²) in [5.41, 5.74) is 3.20. The summed E-state index contributed by atoms with van der Waals surface area (Å²) < 4.78 is 5.70. The predicted octanol–water partition coefficient (Wildman–Crippen LogP) is 3.63. The van der Waals surface area contributed by atoms with Gasteiger partial charge in [-0.05, 0) is 44.0 Å². The highest BCUT2D eigenvalue weighted by Gasteiger charge is 2.06. The van der Waals surface area contributed by atoms with Crippen LogP contribution in [0.15, 0.2) is 30.5 Å². The van der Waals surface area contributed by atoms with E-state index in [1.54, 1.807) is 0 Å². The smallest absolute Gasteiger partial charge is 0.322 e. The lowest BCUT2D eigenvalue weighted by Crippen LogP contribution is -2.20. The van der Waals surface area contributed by atoms with Crippen LogP contribution in [-0.2, 0) is 6.54 Å². The van der Waals surface area contributed by atoms with E-state index in [0.717, 1.165) is 35.7 Å². The Morgan fingerprint density at radius 1 is 1.24 bits per heavy atom. The van der Waals surface area contributed by atoms with Crippen molar-refractivity contribution in [2.24, 2.45) is 5.92 Å². The zero-order chi connectivity index (χ0) is 15.2. The predicted molar refractivity (Wildman–Crippen MR) is 84.6 cm³/mol. The SMILES string of the molecule is Cc1cccc(Oc2ncc(CNCC(C)C)c(C)n2)c1. The van der Waals surface area contributed by atoms with Crippen LogP contribution in [0.2, 0.25) is 0 Å². The van der Waals surface area contributed by atoms with Gasteiger partial charge in [0.25, 0.3) is 0 Å². The fourth-order valence-corrected chi connectivity index (χ4v) is 1.97. The Morgan fingerprint density at radius 3 is 2.71 bits per heavy atom. The largest absolute Gasteiger partial charge is 0.424 e. The van der Waals surface area contributed by atoms with Crippen molar-refractivity contribution < 1.29 is 4.74 Å². The second kappa shape index (κ2) is 7.18. The van der Waals surface area contributed by atoms with E-state index in [1.807, 2.05) is 44.3 Å². The number of rotatable bonds is 6. The Labute approximate surface area is 126 Å². The van der Waals surface area contributed by atoms with Gasteiger partial charge in [-0.25, -0.2) is 4.98 Å². The molecule has 0 unspecified atom stereocenters. The van der Waals surface area contributed by atoms with Crippen LogP contribution >= 0.6 is 0 Å². The number of aryl methyl sites for hydroxylation is 2. The second-order valence-electron chi connectivity index (χ2n) is 5.71. The molecule has 0 saturated heterocycles. The fraction of sp³-hybridized carbons (Fsp3) is 0.412. The minimum absolute atomic E-state index is 0.394. The third kappa shape index (κ3) is 4.83. The summed E-state index contributed by atoms with van der Waals surface area (Å²) in [5, 5.41) is 3.40. The van der Waals surface area contributed by atoms with Gasteiger partial charge in [-0.15, -0.1) is 0 Å². The molecule has 0 saturated carbocycles. The molecule has 21 heavy (non-hydrogen) atoms. The van der Waals surface area contributed by atoms with Gasteiger partial charge in [-0.1, -0.05) is 26.0 Å². The molecule has 1 N–H and O–H groups in total. The van der Waals surface area contributed by atoms with Crippen LogP contribution in [-0.4, -0.2) is 16.5 Å². The molecule has 112 valence electrons. The van der Waals surface area contributed by atoms with Crippen LogP contribution in [0.5, 0.6) is 11.8 Å². The Kier molecular flexibility index (Phi) is 5.28. The van der Waals surface area contributed by atoms with E-state index >= 15 is 0 Å². The van der Waals surface area contributed by atoms with E-state index in [4.69, 9.17) is 4.74 Å². The van der Waals surface area contributed by atoms with E-state index in [2.05, 4.69) is 29.1 Å². The van der Waals surface area contributed by atoms with Crippen LogP contribution in [0.1, 0.15) is 30.7 Å². The van der Waals surface area contributed by atoms with Crippen LogP contribution in [0.4, 0.5) is 0 Å². The normalized spacial score (nSPS) is 10.9. The number of nitrogens with zero attached hydrogens (tertiary/aromatic N) is 2. The molecule has 2 aromatic rings. The first-order valence-electron chi connectivity index (χ1n) is 7.32. The molecule has 0 aliphatic carbocycles. The average Bonchev–Trinajstić information content (AvgIpc) is 2.41. The van der Waals surface area contributed by atoms with Crippen molar-refractivity contribution in [1.82, 2.24) is 15.3 Å². The Morgan fingerprint density at radius 2 is 2.05 bits per heavy atom. The number of benzene rings is 1. The zero-order valence-corrected chi connectivity index (χ0v) is 13.2. The molecule has 4 nitrogen and oxygen atoms in total. The fourth-order valence-electron chi connectivity index (χ4n) is 1.97. The molecule has 0 aliphatic heterocycles. The first-order valence-corrected chi connectivity index (χ1v) is 7.32. The summed E-state index contributed by atoms with van der Waals surface area (Å²) in [6.07, 6.45) is 1.83.